The zero-order valence-electron chi connectivity index (χ0n) is 22.4. The summed E-state index contributed by atoms with van der Waals surface area (Å²) in [6, 6.07) is 4.39. The van der Waals surface area contributed by atoms with E-state index in [-0.39, 0.29) is 37.0 Å². The lowest BCUT2D eigenvalue weighted by atomic mass is 9.84. The van der Waals surface area contributed by atoms with Gasteiger partial charge in [-0.3, -0.25) is 0 Å². The molecule has 2 heterocycles. The highest BCUT2D eigenvalue weighted by atomic mass is 19.1. The summed E-state index contributed by atoms with van der Waals surface area (Å²) in [7, 11) is 3.38. The van der Waals surface area contributed by atoms with Gasteiger partial charge in [-0.25, -0.2) is 14.0 Å². The number of carbonyl (C=O) groups is 2. The minimum atomic E-state index is -0.513. The van der Waals surface area contributed by atoms with Crippen LogP contribution < -0.4 is 16.0 Å². The van der Waals surface area contributed by atoms with Crippen molar-refractivity contribution in [3.8, 4) is 0 Å². The number of carbonyl (C=O) groups excluding carboxylic acids is 2. The van der Waals surface area contributed by atoms with Crippen LogP contribution in [0.25, 0.3) is 0 Å². The van der Waals surface area contributed by atoms with Crippen LogP contribution in [-0.4, -0.2) is 83.3 Å². The van der Waals surface area contributed by atoms with Gasteiger partial charge in [-0.2, -0.15) is 0 Å². The van der Waals surface area contributed by atoms with E-state index in [2.05, 4.69) is 16.0 Å². The van der Waals surface area contributed by atoms with Gasteiger partial charge in [0, 0.05) is 50.9 Å². The van der Waals surface area contributed by atoms with Gasteiger partial charge in [0.25, 0.3) is 0 Å². The van der Waals surface area contributed by atoms with Crippen molar-refractivity contribution in [1.29, 1.82) is 0 Å². The molecule has 3 atom stereocenters. The molecule has 37 heavy (non-hydrogen) atoms. The first kappa shape index (κ1) is 29.1. The quantitative estimate of drug-likeness (QED) is 0.385. The van der Waals surface area contributed by atoms with Crippen molar-refractivity contribution in [3.05, 3.63) is 35.1 Å². The van der Waals surface area contributed by atoms with Crippen molar-refractivity contribution in [3.63, 3.8) is 0 Å². The predicted octanol–water partition coefficient (Wildman–Crippen LogP) is 3.37. The third-order valence-electron chi connectivity index (χ3n) is 7.22. The molecule has 208 valence electrons. The van der Waals surface area contributed by atoms with Gasteiger partial charge in [0.05, 0.1) is 19.3 Å². The maximum atomic E-state index is 15.1. The number of alkyl carbamates (subject to hydrolysis) is 1. The van der Waals surface area contributed by atoms with Crippen LogP contribution in [0.5, 0.6) is 0 Å². The lowest BCUT2D eigenvalue weighted by Gasteiger charge is -2.42. The zero-order valence-corrected chi connectivity index (χ0v) is 22.4. The van der Waals surface area contributed by atoms with Gasteiger partial charge >= 0.3 is 12.1 Å². The third-order valence-corrected chi connectivity index (χ3v) is 7.22. The van der Waals surface area contributed by atoms with Crippen LogP contribution in [0.1, 0.15) is 49.3 Å². The first-order valence-electron chi connectivity index (χ1n) is 13.4. The Kier molecular flexibility index (Phi) is 11.9. The Bertz CT molecular complexity index is 867. The summed E-state index contributed by atoms with van der Waals surface area (Å²) in [5.74, 6) is 0.100. The fraction of sp³-hybridized carbons (Fsp3) is 0.704. The Morgan fingerprint density at radius 2 is 1.97 bits per heavy atom. The molecule has 0 spiro atoms. The second kappa shape index (κ2) is 15.1. The number of nitrogens with zero attached hydrogens (tertiary/aromatic N) is 1. The van der Waals surface area contributed by atoms with Crippen molar-refractivity contribution >= 4 is 12.1 Å². The molecule has 1 aromatic rings. The molecule has 2 saturated heterocycles. The number of urea groups is 1. The second-order valence-corrected chi connectivity index (χ2v) is 10.0. The summed E-state index contributed by atoms with van der Waals surface area (Å²) >= 11 is 0. The number of benzene rings is 1. The summed E-state index contributed by atoms with van der Waals surface area (Å²) in [4.78, 5) is 26.7. The zero-order chi connectivity index (χ0) is 26.6. The molecule has 2 aliphatic rings. The van der Waals surface area contributed by atoms with Crippen molar-refractivity contribution in [2.75, 3.05) is 60.2 Å². The van der Waals surface area contributed by atoms with E-state index >= 15 is 4.39 Å². The highest BCUT2D eigenvalue weighted by Gasteiger charge is 2.38. The van der Waals surface area contributed by atoms with E-state index in [4.69, 9.17) is 14.2 Å². The maximum Gasteiger partial charge on any atom is 0.406 e. The van der Waals surface area contributed by atoms with Crippen LogP contribution in [0, 0.1) is 24.6 Å². The molecule has 2 fully saturated rings. The summed E-state index contributed by atoms with van der Waals surface area (Å²) in [5, 5.41) is 8.84. The van der Waals surface area contributed by atoms with Gasteiger partial charge < -0.3 is 35.1 Å². The smallest absolute Gasteiger partial charge is 0.406 e. The molecule has 0 aromatic heterocycles. The van der Waals surface area contributed by atoms with Crippen LogP contribution >= 0.6 is 0 Å². The Morgan fingerprint density at radius 3 is 2.70 bits per heavy atom. The van der Waals surface area contributed by atoms with Crippen LogP contribution in [0.15, 0.2) is 18.2 Å². The van der Waals surface area contributed by atoms with Crippen LogP contribution in [-0.2, 0) is 14.2 Å². The standard InChI is InChI=1S/C27H43FN4O5/c1-19-6-7-24(28)23(15-19)25-21(18-36-13-14-37-27(34)30-3)5-4-10-32(25)26(33)31-22(17-29-2)16-20-8-11-35-12-9-20/h6-7,15,20-22,25,29H,4-5,8-14,16-18H2,1-3H3,(H,30,34)(H,31,33). The minimum Gasteiger partial charge on any atom is -0.447 e. The van der Waals surface area contributed by atoms with Gasteiger partial charge in [0.1, 0.15) is 12.4 Å². The monoisotopic (exact) mass is 522 g/mol. The van der Waals surface area contributed by atoms with E-state index < -0.39 is 12.1 Å². The molecule has 0 saturated carbocycles. The molecule has 1 aromatic carbocycles. The van der Waals surface area contributed by atoms with Crippen LogP contribution in [0.4, 0.5) is 14.0 Å². The molecule has 0 radical (unpaired) electrons. The van der Waals surface area contributed by atoms with E-state index in [0.717, 1.165) is 50.9 Å². The summed E-state index contributed by atoms with van der Waals surface area (Å²) < 4.78 is 31.5. The number of nitrogens with one attached hydrogen (secondary N) is 3. The van der Waals surface area contributed by atoms with Crippen molar-refractivity contribution in [2.24, 2.45) is 11.8 Å². The third kappa shape index (κ3) is 8.83. The van der Waals surface area contributed by atoms with Gasteiger partial charge in [0.2, 0.25) is 0 Å². The number of likely N-dealkylation sites (tertiary alicyclic amines) is 1. The lowest BCUT2D eigenvalue weighted by molar-refractivity contribution is 0.0158. The van der Waals surface area contributed by atoms with E-state index in [9.17, 15) is 9.59 Å². The molecule has 10 heteroatoms. The number of likely N-dealkylation sites (N-methyl/N-ethyl adjacent to an activating group) is 1. The average Bonchev–Trinajstić information content (AvgIpc) is 2.90. The van der Waals surface area contributed by atoms with Crippen molar-refractivity contribution in [2.45, 2.75) is 51.1 Å². The summed E-state index contributed by atoms with van der Waals surface area (Å²) in [6.07, 6.45) is 3.97. The molecular formula is C27H43FN4O5. The number of aryl methyl sites for hydroxylation is 1. The highest BCUT2D eigenvalue weighted by Crippen LogP contribution is 2.38. The first-order chi connectivity index (χ1) is 17.9. The molecule has 0 aliphatic carbocycles. The molecular weight excluding hydrogens is 479 g/mol. The molecule has 3 rings (SSSR count). The predicted molar refractivity (Wildman–Crippen MR) is 139 cm³/mol. The second-order valence-electron chi connectivity index (χ2n) is 10.0. The van der Waals surface area contributed by atoms with E-state index in [1.54, 1.807) is 11.0 Å². The fourth-order valence-electron chi connectivity index (χ4n) is 5.37. The number of hydrogen-bond acceptors (Lipinski definition) is 6. The van der Waals surface area contributed by atoms with E-state index in [1.165, 1.54) is 13.1 Å². The fourth-order valence-corrected chi connectivity index (χ4v) is 5.37. The minimum absolute atomic E-state index is 0.0258. The largest absolute Gasteiger partial charge is 0.447 e. The van der Waals surface area contributed by atoms with Crippen molar-refractivity contribution < 1.29 is 28.2 Å². The molecule has 3 amide bonds. The van der Waals surface area contributed by atoms with E-state index in [0.29, 0.717) is 31.2 Å². The summed E-state index contributed by atoms with van der Waals surface area (Å²) in [5.41, 5.74) is 1.45. The highest BCUT2D eigenvalue weighted by molar-refractivity contribution is 5.75. The number of amides is 3. The molecule has 0 bridgehead atoms. The molecule has 3 N–H and O–H groups in total. The molecule has 2 aliphatic heterocycles. The van der Waals surface area contributed by atoms with Crippen LogP contribution in [0.3, 0.4) is 0 Å². The van der Waals surface area contributed by atoms with Gasteiger partial charge in [0.15, 0.2) is 0 Å². The van der Waals surface area contributed by atoms with Gasteiger partial charge in [-0.1, -0.05) is 17.7 Å². The lowest BCUT2D eigenvalue weighted by Crippen LogP contribution is -2.53. The number of ether oxygens (including phenoxy) is 3. The van der Waals surface area contributed by atoms with Gasteiger partial charge in [-0.15, -0.1) is 0 Å². The number of rotatable bonds is 11. The Labute approximate surface area is 219 Å². The average molecular weight is 523 g/mol. The number of hydrogen-bond donors (Lipinski definition) is 3. The number of halogens is 1. The number of piperidine rings is 1. The van der Waals surface area contributed by atoms with Crippen molar-refractivity contribution in [1.82, 2.24) is 20.9 Å². The normalized spacial score (nSPS) is 21.4. The summed E-state index contributed by atoms with van der Waals surface area (Å²) in [6.45, 7) is 5.35. The Hall–Kier alpha value is -2.43. The Morgan fingerprint density at radius 1 is 1.19 bits per heavy atom. The molecule has 3 unspecified atom stereocenters. The van der Waals surface area contributed by atoms with Gasteiger partial charge in [-0.05, 0) is 58.1 Å². The van der Waals surface area contributed by atoms with Crippen LogP contribution in [0.2, 0.25) is 0 Å². The Balaban J connectivity index is 1.73. The molecule has 9 nitrogen and oxygen atoms in total. The maximum absolute atomic E-state index is 15.1. The first-order valence-corrected chi connectivity index (χ1v) is 13.4. The topological polar surface area (TPSA) is 101 Å². The SMILES string of the molecule is CNCC(CC1CCOCC1)NC(=O)N1CCCC(COCCOC(=O)NC)C1c1cc(C)ccc1F. The van der Waals surface area contributed by atoms with E-state index in [1.807, 2.05) is 20.0 Å².